The van der Waals surface area contributed by atoms with Crippen molar-refractivity contribution in [2.24, 2.45) is 10.9 Å². The minimum Gasteiger partial charge on any atom is -0.409 e. The van der Waals surface area contributed by atoms with E-state index in [1.807, 2.05) is 0 Å². The third-order valence-electron chi connectivity index (χ3n) is 3.01. The summed E-state index contributed by atoms with van der Waals surface area (Å²) in [6, 6.07) is 0.689. The van der Waals surface area contributed by atoms with Crippen molar-refractivity contribution in [3.8, 4) is 0 Å². The van der Waals surface area contributed by atoms with Crippen molar-refractivity contribution in [2.75, 3.05) is 33.7 Å². The van der Waals surface area contributed by atoms with Gasteiger partial charge in [0.2, 0.25) is 0 Å². The SMILES string of the molecule is CN(C)C1CCN(CCCC(N)=NO)C1. The third kappa shape index (κ3) is 4.05. The first-order valence-corrected chi connectivity index (χ1v) is 5.48. The highest BCUT2D eigenvalue weighted by Crippen LogP contribution is 2.13. The fourth-order valence-corrected chi connectivity index (χ4v) is 1.97. The molecule has 1 rings (SSSR count). The van der Waals surface area contributed by atoms with Gasteiger partial charge in [0.25, 0.3) is 0 Å². The zero-order chi connectivity index (χ0) is 11.3. The molecule has 0 aromatic rings. The van der Waals surface area contributed by atoms with Crippen LogP contribution in [0.2, 0.25) is 0 Å². The lowest BCUT2D eigenvalue weighted by atomic mass is 10.2. The van der Waals surface area contributed by atoms with E-state index in [1.54, 1.807) is 0 Å². The van der Waals surface area contributed by atoms with Gasteiger partial charge in [0, 0.05) is 19.0 Å². The molecule has 1 unspecified atom stereocenters. The van der Waals surface area contributed by atoms with Crippen molar-refractivity contribution in [1.29, 1.82) is 0 Å². The van der Waals surface area contributed by atoms with Gasteiger partial charge in [-0.25, -0.2) is 0 Å². The van der Waals surface area contributed by atoms with Gasteiger partial charge in [-0.3, -0.25) is 0 Å². The molecule has 0 radical (unpaired) electrons. The van der Waals surface area contributed by atoms with Crippen molar-refractivity contribution in [3.05, 3.63) is 0 Å². The molecule has 0 bridgehead atoms. The van der Waals surface area contributed by atoms with Gasteiger partial charge in [-0.05, 0) is 40.0 Å². The Balaban J connectivity index is 2.14. The van der Waals surface area contributed by atoms with Gasteiger partial charge in [-0.15, -0.1) is 0 Å². The second-order valence-electron chi connectivity index (χ2n) is 4.40. The van der Waals surface area contributed by atoms with Gasteiger partial charge in [-0.1, -0.05) is 5.16 Å². The molecule has 0 saturated carbocycles. The van der Waals surface area contributed by atoms with Crippen LogP contribution in [0.1, 0.15) is 19.3 Å². The molecule has 1 fully saturated rings. The van der Waals surface area contributed by atoms with E-state index in [4.69, 9.17) is 10.9 Å². The van der Waals surface area contributed by atoms with Crippen molar-refractivity contribution in [1.82, 2.24) is 9.80 Å². The van der Waals surface area contributed by atoms with Gasteiger partial charge in [0.15, 0.2) is 0 Å². The fourth-order valence-electron chi connectivity index (χ4n) is 1.97. The van der Waals surface area contributed by atoms with Crippen molar-refractivity contribution in [2.45, 2.75) is 25.3 Å². The zero-order valence-electron chi connectivity index (χ0n) is 9.69. The Kier molecular flexibility index (Phi) is 4.84. The smallest absolute Gasteiger partial charge is 0.139 e. The first kappa shape index (κ1) is 12.3. The number of hydrogen-bond acceptors (Lipinski definition) is 4. The van der Waals surface area contributed by atoms with E-state index < -0.39 is 0 Å². The Labute approximate surface area is 91.5 Å². The van der Waals surface area contributed by atoms with Crippen LogP contribution in [-0.2, 0) is 0 Å². The molecule has 0 aliphatic carbocycles. The molecule has 1 heterocycles. The molecule has 15 heavy (non-hydrogen) atoms. The lowest BCUT2D eigenvalue weighted by Gasteiger charge is -2.20. The van der Waals surface area contributed by atoms with Crippen LogP contribution in [0.4, 0.5) is 0 Å². The van der Waals surface area contributed by atoms with Crippen molar-refractivity contribution >= 4 is 5.84 Å². The largest absolute Gasteiger partial charge is 0.409 e. The van der Waals surface area contributed by atoms with Crippen LogP contribution in [0.3, 0.4) is 0 Å². The molecule has 1 atom stereocenters. The summed E-state index contributed by atoms with van der Waals surface area (Å²) in [6.07, 6.45) is 2.90. The molecule has 1 aliphatic rings. The molecule has 0 aromatic carbocycles. The summed E-state index contributed by atoms with van der Waals surface area (Å²) in [4.78, 5) is 4.72. The second kappa shape index (κ2) is 5.92. The number of nitrogens with zero attached hydrogens (tertiary/aromatic N) is 3. The highest BCUT2D eigenvalue weighted by molar-refractivity contribution is 5.79. The van der Waals surface area contributed by atoms with Gasteiger partial charge in [-0.2, -0.15) is 0 Å². The summed E-state index contributed by atoms with van der Waals surface area (Å²) in [5.41, 5.74) is 5.41. The standard InChI is InChI=1S/C10H22N4O/c1-13(2)9-5-7-14(8-9)6-3-4-10(11)12-15/h9,15H,3-8H2,1-2H3,(H2,11,12). The highest BCUT2D eigenvalue weighted by atomic mass is 16.4. The number of hydrogen-bond donors (Lipinski definition) is 2. The second-order valence-corrected chi connectivity index (χ2v) is 4.40. The van der Waals surface area contributed by atoms with Gasteiger partial charge in [0.05, 0.1) is 0 Å². The molecule has 1 saturated heterocycles. The third-order valence-corrected chi connectivity index (χ3v) is 3.01. The Morgan fingerprint density at radius 1 is 1.60 bits per heavy atom. The number of rotatable bonds is 5. The lowest BCUT2D eigenvalue weighted by Crippen LogP contribution is -2.32. The summed E-state index contributed by atoms with van der Waals surface area (Å²) in [5, 5.41) is 11.3. The van der Waals surface area contributed by atoms with E-state index >= 15 is 0 Å². The van der Waals surface area contributed by atoms with E-state index in [2.05, 4.69) is 29.1 Å². The highest BCUT2D eigenvalue weighted by Gasteiger charge is 2.23. The Morgan fingerprint density at radius 2 is 2.33 bits per heavy atom. The van der Waals surface area contributed by atoms with E-state index in [0.29, 0.717) is 18.3 Å². The van der Waals surface area contributed by atoms with Crippen LogP contribution in [0.5, 0.6) is 0 Å². The Hall–Kier alpha value is -0.810. The monoisotopic (exact) mass is 214 g/mol. The summed E-state index contributed by atoms with van der Waals surface area (Å²) >= 11 is 0. The van der Waals surface area contributed by atoms with Gasteiger partial charge < -0.3 is 20.7 Å². The number of nitrogens with two attached hydrogens (primary N) is 1. The van der Waals surface area contributed by atoms with Crippen LogP contribution in [-0.4, -0.2) is 60.6 Å². The number of oxime groups is 1. The summed E-state index contributed by atoms with van der Waals surface area (Å²) in [5.74, 6) is 0.332. The number of likely N-dealkylation sites (N-methyl/N-ethyl adjacent to an activating group) is 1. The van der Waals surface area contributed by atoms with E-state index in [9.17, 15) is 0 Å². The Bertz CT molecular complexity index is 217. The molecule has 1 aliphatic heterocycles. The maximum Gasteiger partial charge on any atom is 0.139 e. The summed E-state index contributed by atoms with van der Waals surface area (Å²) < 4.78 is 0. The molecular formula is C10H22N4O. The first-order valence-electron chi connectivity index (χ1n) is 5.48. The maximum absolute atomic E-state index is 8.38. The minimum absolute atomic E-state index is 0.332. The van der Waals surface area contributed by atoms with Gasteiger partial charge >= 0.3 is 0 Å². The molecule has 0 amide bonds. The Morgan fingerprint density at radius 3 is 2.87 bits per heavy atom. The topological polar surface area (TPSA) is 65.1 Å². The van der Waals surface area contributed by atoms with Crippen LogP contribution < -0.4 is 5.73 Å². The normalized spacial score (nSPS) is 23.9. The quantitative estimate of drug-likeness (QED) is 0.296. The van der Waals surface area contributed by atoms with Gasteiger partial charge in [0.1, 0.15) is 5.84 Å². The minimum atomic E-state index is 0.332. The predicted molar refractivity (Wildman–Crippen MR) is 61.2 cm³/mol. The molecule has 0 spiro atoms. The van der Waals surface area contributed by atoms with Crippen LogP contribution in [0, 0.1) is 0 Å². The molecule has 3 N–H and O–H groups in total. The van der Waals surface area contributed by atoms with Crippen molar-refractivity contribution in [3.63, 3.8) is 0 Å². The van der Waals surface area contributed by atoms with E-state index in [1.165, 1.54) is 13.0 Å². The van der Waals surface area contributed by atoms with Crippen LogP contribution >= 0.6 is 0 Å². The maximum atomic E-state index is 8.38. The van der Waals surface area contributed by atoms with Crippen LogP contribution in [0.15, 0.2) is 5.16 Å². The fraction of sp³-hybridized carbons (Fsp3) is 0.900. The first-order chi connectivity index (χ1) is 7.13. The average Bonchev–Trinajstić information content (AvgIpc) is 2.66. The van der Waals surface area contributed by atoms with Crippen LogP contribution in [0.25, 0.3) is 0 Å². The summed E-state index contributed by atoms with van der Waals surface area (Å²) in [7, 11) is 4.26. The molecule has 0 aromatic heterocycles. The number of amidine groups is 1. The van der Waals surface area contributed by atoms with Crippen molar-refractivity contribution < 1.29 is 5.21 Å². The number of likely N-dealkylation sites (tertiary alicyclic amines) is 1. The zero-order valence-corrected chi connectivity index (χ0v) is 9.69. The molecule has 88 valence electrons. The summed E-state index contributed by atoms with van der Waals surface area (Å²) in [6.45, 7) is 3.35. The molecule has 5 heteroatoms. The molecule has 5 nitrogen and oxygen atoms in total. The average molecular weight is 214 g/mol. The predicted octanol–water partition coefficient (Wildman–Crippen LogP) is 0.149. The van der Waals surface area contributed by atoms with E-state index in [-0.39, 0.29) is 0 Å². The van der Waals surface area contributed by atoms with E-state index in [0.717, 1.165) is 19.5 Å². The molecular weight excluding hydrogens is 192 g/mol. The lowest BCUT2D eigenvalue weighted by molar-refractivity contribution is 0.267.